The van der Waals surface area contributed by atoms with Crippen LogP contribution in [0.1, 0.15) is 24.2 Å². The highest BCUT2D eigenvalue weighted by Crippen LogP contribution is 2.10. The van der Waals surface area contributed by atoms with E-state index in [-0.39, 0.29) is 0 Å². The maximum Gasteiger partial charge on any atom is 0.0931 e. The van der Waals surface area contributed by atoms with Crippen molar-refractivity contribution in [3.63, 3.8) is 0 Å². The van der Waals surface area contributed by atoms with Gasteiger partial charge in [-0.1, -0.05) is 0 Å². The van der Waals surface area contributed by atoms with E-state index in [0.29, 0.717) is 0 Å². The maximum absolute atomic E-state index is 4.45. The van der Waals surface area contributed by atoms with Gasteiger partial charge in [-0.05, 0) is 45.8 Å². The van der Waals surface area contributed by atoms with Crippen molar-refractivity contribution < 1.29 is 0 Å². The Bertz CT molecular complexity index is 284. The Labute approximate surface area is 79.3 Å². The molecule has 1 aromatic rings. The second kappa shape index (κ2) is 3.50. The first-order valence-electron chi connectivity index (χ1n) is 4.99. The molecule has 0 atom stereocenters. The van der Waals surface area contributed by atoms with Crippen molar-refractivity contribution >= 4 is 0 Å². The summed E-state index contributed by atoms with van der Waals surface area (Å²) in [6.07, 6.45) is 2.69. The number of rotatable bonds is 2. The van der Waals surface area contributed by atoms with E-state index in [0.717, 1.165) is 12.4 Å². The first kappa shape index (κ1) is 8.75. The zero-order chi connectivity index (χ0) is 9.26. The molecule has 0 amide bonds. The van der Waals surface area contributed by atoms with E-state index in [4.69, 9.17) is 0 Å². The third-order valence-electron chi connectivity index (χ3n) is 2.64. The predicted octanol–water partition coefficient (Wildman–Crippen LogP) is 1.55. The van der Waals surface area contributed by atoms with Gasteiger partial charge in [-0.2, -0.15) is 5.10 Å². The predicted molar refractivity (Wildman–Crippen MR) is 52.5 cm³/mol. The molecule has 0 spiro atoms. The van der Waals surface area contributed by atoms with Crippen molar-refractivity contribution in [1.82, 2.24) is 14.7 Å². The van der Waals surface area contributed by atoms with Gasteiger partial charge in [-0.25, -0.2) is 0 Å². The van der Waals surface area contributed by atoms with Crippen molar-refractivity contribution in [2.24, 2.45) is 0 Å². The molecular formula is C10H17N3. The molecule has 0 unspecified atom stereocenters. The molecule has 1 aliphatic rings. The van der Waals surface area contributed by atoms with E-state index in [1.54, 1.807) is 0 Å². The molecule has 13 heavy (non-hydrogen) atoms. The SMILES string of the molecule is Cc1cc(C)n(CN2CCCC2)n1. The lowest BCUT2D eigenvalue weighted by atomic mass is 10.4. The molecule has 3 heteroatoms. The Balaban J connectivity index is 2.03. The molecule has 0 aromatic carbocycles. The minimum Gasteiger partial charge on any atom is -0.284 e. The monoisotopic (exact) mass is 179 g/mol. The van der Waals surface area contributed by atoms with Crippen LogP contribution in [0.15, 0.2) is 6.07 Å². The molecule has 1 aromatic heterocycles. The van der Waals surface area contributed by atoms with E-state index in [1.165, 1.54) is 31.6 Å². The molecule has 1 fully saturated rings. The van der Waals surface area contributed by atoms with Crippen LogP contribution in [0.4, 0.5) is 0 Å². The topological polar surface area (TPSA) is 21.1 Å². The number of nitrogens with zero attached hydrogens (tertiary/aromatic N) is 3. The molecule has 0 bridgehead atoms. The largest absolute Gasteiger partial charge is 0.284 e. The number of hydrogen-bond acceptors (Lipinski definition) is 2. The maximum atomic E-state index is 4.45. The fraction of sp³-hybridized carbons (Fsp3) is 0.700. The van der Waals surface area contributed by atoms with Crippen molar-refractivity contribution in [3.05, 3.63) is 17.5 Å². The van der Waals surface area contributed by atoms with Gasteiger partial charge in [0, 0.05) is 5.69 Å². The van der Waals surface area contributed by atoms with Crippen LogP contribution in [0.3, 0.4) is 0 Å². The van der Waals surface area contributed by atoms with Crippen LogP contribution in [0.5, 0.6) is 0 Å². The molecule has 0 N–H and O–H groups in total. The standard InChI is InChI=1S/C10H17N3/c1-9-7-10(2)13(11-9)8-12-5-3-4-6-12/h7H,3-6,8H2,1-2H3. The lowest BCUT2D eigenvalue weighted by Gasteiger charge is -2.15. The minimum atomic E-state index is 0.972. The number of aryl methyl sites for hydroxylation is 2. The van der Waals surface area contributed by atoms with Crippen LogP contribution in [-0.2, 0) is 6.67 Å². The summed E-state index contributed by atoms with van der Waals surface area (Å²) in [5.41, 5.74) is 2.39. The molecule has 1 saturated heterocycles. The van der Waals surface area contributed by atoms with Gasteiger partial charge in [0.15, 0.2) is 0 Å². The summed E-state index contributed by atoms with van der Waals surface area (Å²) >= 11 is 0. The lowest BCUT2D eigenvalue weighted by Crippen LogP contribution is -2.24. The Hall–Kier alpha value is -0.830. The molecule has 0 radical (unpaired) electrons. The van der Waals surface area contributed by atoms with Gasteiger partial charge in [0.1, 0.15) is 0 Å². The van der Waals surface area contributed by atoms with E-state index < -0.39 is 0 Å². The van der Waals surface area contributed by atoms with Gasteiger partial charge in [0.05, 0.1) is 12.4 Å². The van der Waals surface area contributed by atoms with Crippen LogP contribution in [0.2, 0.25) is 0 Å². The van der Waals surface area contributed by atoms with E-state index >= 15 is 0 Å². The fourth-order valence-electron chi connectivity index (χ4n) is 1.93. The van der Waals surface area contributed by atoms with Gasteiger partial charge in [0.2, 0.25) is 0 Å². The smallest absolute Gasteiger partial charge is 0.0931 e. The van der Waals surface area contributed by atoms with Gasteiger partial charge < -0.3 is 0 Å². The second-order valence-corrected chi connectivity index (χ2v) is 3.89. The van der Waals surface area contributed by atoms with Crippen LogP contribution in [0.25, 0.3) is 0 Å². The summed E-state index contributed by atoms with van der Waals surface area (Å²) in [6.45, 7) is 7.61. The Kier molecular flexibility index (Phi) is 2.36. The summed E-state index contributed by atoms with van der Waals surface area (Å²) in [5.74, 6) is 0. The highest BCUT2D eigenvalue weighted by atomic mass is 15.4. The molecule has 3 nitrogen and oxygen atoms in total. The highest BCUT2D eigenvalue weighted by molar-refractivity contribution is 5.06. The average Bonchev–Trinajstić information content (AvgIpc) is 2.63. The van der Waals surface area contributed by atoms with Crippen molar-refractivity contribution in [2.45, 2.75) is 33.4 Å². The summed E-state index contributed by atoms with van der Waals surface area (Å²) in [5, 5.41) is 4.45. The van der Waals surface area contributed by atoms with Crippen LogP contribution < -0.4 is 0 Å². The highest BCUT2D eigenvalue weighted by Gasteiger charge is 2.12. The third kappa shape index (κ3) is 1.91. The molecular weight excluding hydrogens is 162 g/mol. The summed E-state index contributed by atoms with van der Waals surface area (Å²) in [4.78, 5) is 2.46. The van der Waals surface area contributed by atoms with Gasteiger partial charge in [-0.3, -0.25) is 9.58 Å². The van der Waals surface area contributed by atoms with Crippen molar-refractivity contribution in [1.29, 1.82) is 0 Å². The van der Waals surface area contributed by atoms with Crippen LogP contribution in [0, 0.1) is 13.8 Å². The molecule has 1 aliphatic heterocycles. The fourth-order valence-corrected chi connectivity index (χ4v) is 1.93. The minimum absolute atomic E-state index is 0.972. The third-order valence-corrected chi connectivity index (χ3v) is 2.64. The first-order valence-corrected chi connectivity index (χ1v) is 4.99. The molecule has 2 heterocycles. The van der Waals surface area contributed by atoms with E-state index in [9.17, 15) is 0 Å². The Morgan fingerprint density at radius 1 is 1.31 bits per heavy atom. The number of likely N-dealkylation sites (tertiary alicyclic amines) is 1. The first-order chi connectivity index (χ1) is 6.25. The summed E-state index contributed by atoms with van der Waals surface area (Å²) in [6, 6.07) is 2.13. The van der Waals surface area contributed by atoms with Crippen LogP contribution in [-0.4, -0.2) is 27.8 Å². The molecule has 2 rings (SSSR count). The van der Waals surface area contributed by atoms with Crippen molar-refractivity contribution in [2.75, 3.05) is 13.1 Å². The van der Waals surface area contributed by atoms with Gasteiger partial charge in [0.25, 0.3) is 0 Å². The molecule has 72 valence electrons. The van der Waals surface area contributed by atoms with E-state index in [2.05, 4.69) is 27.7 Å². The zero-order valence-corrected chi connectivity index (χ0v) is 8.45. The summed E-state index contributed by atoms with van der Waals surface area (Å²) in [7, 11) is 0. The lowest BCUT2D eigenvalue weighted by molar-refractivity contribution is 0.252. The molecule has 0 aliphatic carbocycles. The summed E-state index contributed by atoms with van der Waals surface area (Å²) < 4.78 is 2.10. The van der Waals surface area contributed by atoms with Crippen LogP contribution >= 0.6 is 0 Å². The second-order valence-electron chi connectivity index (χ2n) is 3.89. The number of hydrogen-bond donors (Lipinski definition) is 0. The van der Waals surface area contributed by atoms with Gasteiger partial charge in [-0.15, -0.1) is 0 Å². The van der Waals surface area contributed by atoms with Crippen molar-refractivity contribution in [3.8, 4) is 0 Å². The van der Waals surface area contributed by atoms with E-state index in [1.807, 2.05) is 6.92 Å². The molecule has 0 saturated carbocycles. The zero-order valence-electron chi connectivity index (χ0n) is 8.45. The average molecular weight is 179 g/mol. The quantitative estimate of drug-likeness (QED) is 0.687. The van der Waals surface area contributed by atoms with Gasteiger partial charge >= 0.3 is 0 Å². The Morgan fingerprint density at radius 2 is 2.00 bits per heavy atom. The number of aromatic nitrogens is 2. The Morgan fingerprint density at radius 3 is 2.54 bits per heavy atom. The normalized spacial score (nSPS) is 18.3.